The predicted molar refractivity (Wildman–Crippen MR) is 121 cm³/mol. The summed E-state index contributed by atoms with van der Waals surface area (Å²) in [6.45, 7) is 0.315. The first-order valence-corrected chi connectivity index (χ1v) is 10.9. The molecule has 3 aliphatic rings. The van der Waals surface area contributed by atoms with Crippen LogP contribution in [0.2, 0.25) is 0 Å². The van der Waals surface area contributed by atoms with Crippen LogP contribution in [0.25, 0.3) is 10.8 Å². The first kappa shape index (κ1) is 20.2. The molecule has 3 saturated heterocycles. The molecule has 3 fully saturated rings. The van der Waals surface area contributed by atoms with Gasteiger partial charge in [0.15, 0.2) is 0 Å². The lowest BCUT2D eigenvalue weighted by atomic mass is 10.0. The highest BCUT2D eigenvalue weighted by Gasteiger charge is 2.63. The molecule has 2 unspecified atom stereocenters. The third-order valence-electron chi connectivity index (χ3n) is 6.88. The van der Waals surface area contributed by atoms with E-state index in [4.69, 9.17) is 0 Å². The van der Waals surface area contributed by atoms with Gasteiger partial charge < -0.3 is 15.1 Å². The zero-order valence-corrected chi connectivity index (χ0v) is 17.8. The Bertz CT molecular complexity index is 1420. The summed E-state index contributed by atoms with van der Waals surface area (Å²) in [6.07, 6.45) is 0.529. The third kappa shape index (κ3) is 2.78. The lowest BCUT2D eigenvalue weighted by Crippen LogP contribution is -2.55. The minimum absolute atomic E-state index is 0.264. The van der Waals surface area contributed by atoms with Crippen molar-refractivity contribution in [3.63, 3.8) is 0 Å². The number of likely N-dealkylation sites (tertiary alicyclic amines) is 1. The molecule has 9 heteroatoms. The van der Waals surface area contributed by atoms with Crippen molar-refractivity contribution in [2.45, 2.75) is 24.5 Å². The summed E-state index contributed by atoms with van der Waals surface area (Å²) < 4.78 is 13.2. The van der Waals surface area contributed by atoms with Gasteiger partial charge in [-0.3, -0.25) is 4.79 Å². The molecule has 3 aromatic carbocycles. The van der Waals surface area contributed by atoms with E-state index in [2.05, 4.69) is 11.4 Å². The van der Waals surface area contributed by atoms with Crippen LogP contribution in [0.3, 0.4) is 0 Å². The second-order valence-corrected chi connectivity index (χ2v) is 8.64. The molecule has 0 radical (unpaired) electrons. The lowest BCUT2D eigenvalue weighted by molar-refractivity contribution is -0.120. The number of amides is 5. The molecule has 168 valence electrons. The molecule has 3 atom stereocenters. The summed E-state index contributed by atoms with van der Waals surface area (Å²) in [5.41, 5.74) is 1.34. The predicted octanol–water partition coefficient (Wildman–Crippen LogP) is 3.68. The Hall–Kier alpha value is -4.45. The van der Waals surface area contributed by atoms with Crippen LogP contribution in [-0.4, -0.2) is 52.4 Å². The van der Waals surface area contributed by atoms with Crippen molar-refractivity contribution in [3.8, 4) is 6.07 Å². The Morgan fingerprint density at radius 2 is 1.76 bits per heavy atom. The second-order valence-electron chi connectivity index (χ2n) is 8.64. The number of carbonyl (C=O) groups excluding carboxylic acids is 3. The lowest BCUT2D eigenvalue weighted by Gasteiger charge is -2.34. The van der Waals surface area contributed by atoms with E-state index in [1.54, 1.807) is 46.2 Å². The SMILES string of the molecule is N#Cc1ccc(N2C(=O)[C@@H]3C4CC(CN4C(=O)Nc4ccc(F)cc4)N3C2=O)c2ccccc12. The molecular formula is C25H18FN5O3. The van der Waals surface area contributed by atoms with Crippen LogP contribution in [0, 0.1) is 17.1 Å². The Morgan fingerprint density at radius 3 is 2.50 bits per heavy atom. The number of urea groups is 2. The number of hydrogen-bond acceptors (Lipinski definition) is 4. The van der Waals surface area contributed by atoms with Gasteiger partial charge in [0.05, 0.1) is 29.4 Å². The molecule has 3 aromatic rings. The summed E-state index contributed by atoms with van der Waals surface area (Å²) in [5, 5.41) is 13.5. The average Bonchev–Trinajstić information content (AvgIpc) is 3.51. The molecule has 1 N–H and O–H groups in total. The number of piperazine rings is 1. The van der Waals surface area contributed by atoms with E-state index >= 15 is 0 Å². The minimum Gasteiger partial charge on any atom is -0.317 e. The van der Waals surface area contributed by atoms with E-state index < -0.39 is 23.9 Å². The maximum Gasteiger partial charge on any atom is 0.332 e. The molecule has 0 aliphatic carbocycles. The quantitative estimate of drug-likeness (QED) is 0.597. The van der Waals surface area contributed by atoms with Crippen molar-refractivity contribution < 1.29 is 18.8 Å². The molecule has 5 amide bonds. The van der Waals surface area contributed by atoms with E-state index in [-0.39, 0.29) is 18.0 Å². The van der Waals surface area contributed by atoms with Crippen LogP contribution in [0.1, 0.15) is 12.0 Å². The fourth-order valence-corrected chi connectivity index (χ4v) is 5.42. The first-order valence-electron chi connectivity index (χ1n) is 10.9. The molecule has 3 aliphatic heterocycles. The molecule has 6 rings (SSSR count). The molecule has 0 spiro atoms. The highest BCUT2D eigenvalue weighted by Crippen LogP contribution is 2.43. The Labute approximate surface area is 193 Å². The molecule has 8 nitrogen and oxygen atoms in total. The van der Waals surface area contributed by atoms with Gasteiger partial charge in [-0.25, -0.2) is 18.9 Å². The second kappa shape index (κ2) is 7.28. The average molecular weight is 455 g/mol. The summed E-state index contributed by atoms with van der Waals surface area (Å²) in [7, 11) is 0. The van der Waals surface area contributed by atoms with Crippen molar-refractivity contribution in [3.05, 3.63) is 72.0 Å². The van der Waals surface area contributed by atoms with Crippen LogP contribution in [0.15, 0.2) is 60.7 Å². The number of rotatable bonds is 2. The highest BCUT2D eigenvalue weighted by atomic mass is 19.1. The van der Waals surface area contributed by atoms with Gasteiger partial charge in [0.25, 0.3) is 5.91 Å². The molecule has 0 aromatic heterocycles. The number of imide groups is 1. The Morgan fingerprint density at radius 1 is 1.03 bits per heavy atom. The number of nitriles is 1. The normalized spacial score (nSPS) is 22.9. The van der Waals surface area contributed by atoms with Gasteiger partial charge in [-0.15, -0.1) is 0 Å². The summed E-state index contributed by atoms with van der Waals surface area (Å²) in [4.78, 5) is 44.2. The zero-order valence-electron chi connectivity index (χ0n) is 17.8. The molecular weight excluding hydrogens is 437 g/mol. The van der Waals surface area contributed by atoms with Crippen molar-refractivity contribution in [1.29, 1.82) is 5.26 Å². The van der Waals surface area contributed by atoms with Crippen LogP contribution in [0.4, 0.5) is 25.4 Å². The number of benzene rings is 3. The summed E-state index contributed by atoms with van der Waals surface area (Å²) in [5.74, 6) is -0.786. The van der Waals surface area contributed by atoms with Gasteiger partial charge in [0.1, 0.15) is 11.9 Å². The van der Waals surface area contributed by atoms with Crippen LogP contribution < -0.4 is 10.2 Å². The number of hydrogen-bond donors (Lipinski definition) is 1. The first-order chi connectivity index (χ1) is 16.5. The summed E-state index contributed by atoms with van der Waals surface area (Å²) >= 11 is 0. The van der Waals surface area contributed by atoms with Gasteiger partial charge in [0, 0.05) is 23.0 Å². The van der Waals surface area contributed by atoms with Gasteiger partial charge >= 0.3 is 12.1 Å². The van der Waals surface area contributed by atoms with Gasteiger partial charge in [-0.05, 0) is 42.8 Å². The van der Waals surface area contributed by atoms with Crippen LogP contribution >= 0.6 is 0 Å². The number of fused-ring (bicyclic) bond motifs is 6. The third-order valence-corrected chi connectivity index (χ3v) is 6.88. The van der Waals surface area contributed by atoms with Gasteiger partial charge in [-0.2, -0.15) is 5.26 Å². The monoisotopic (exact) mass is 455 g/mol. The van der Waals surface area contributed by atoms with Crippen LogP contribution in [-0.2, 0) is 4.79 Å². The number of nitrogens with zero attached hydrogens (tertiary/aromatic N) is 4. The van der Waals surface area contributed by atoms with E-state index in [1.165, 1.54) is 29.2 Å². The summed E-state index contributed by atoms with van der Waals surface area (Å²) in [6, 6.07) is 15.7. The topological polar surface area (TPSA) is 96.8 Å². The Balaban J connectivity index is 1.31. The van der Waals surface area contributed by atoms with Gasteiger partial charge in [-0.1, -0.05) is 24.3 Å². The molecule has 2 bridgehead atoms. The molecule has 3 heterocycles. The van der Waals surface area contributed by atoms with Crippen molar-refractivity contribution in [2.24, 2.45) is 0 Å². The van der Waals surface area contributed by atoms with Crippen molar-refractivity contribution in [1.82, 2.24) is 9.80 Å². The van der Waals surface area contributed by atoms with E-state index in [0.717, 1.165) is 0 Å². The number of halogens is 1. The maximum absolute atomic E-state index is 13.5. The van der Waals surface area contributed by atoms with Gasteiger partial charge in [0.2, 0.25) is 0 Å². The largest absolute Gasteiger partial charge is 0.332 e. The minimum atomic E-state index is -0.764. The van der Waals surface area contributed by atoms with Crippen LogP contribution in [0.5, 0.6) is 0 Å². The number of nitrogens with one attached hydrogen (secondary N) is 1. The fraction of sp³-hybridized carbons (Fsp3) is 0.200. The van der Waals surface area contributed by atoms with E-state index in [1.807, 2.05) is 0 Å². The molecule has 0 saturated carbocycles. The number of carbonyl (C=O) groups is 3. The smallest absolute Gasteiger partial charge is 0.317 e. The number of anilines is 2. The van der Waals surface area contributed by atoms with E-state index in [0.29, 0.717) is 40.7 Å². The maximum atomic E-state index is 13.5. The standard InChI is InChI=1S/C25H18FN5O3/c26-15-6-8-16(9-7-15)28-24(33)29-13-17-11-21(29)22-23(32)31(25(34)30(17)22)20-10-5-14(12-27)18-3-1-2-4-19(18)20/h1-10,17,21-22H,11,13H2,(H,28,33)/t17?,21?,22-/m0/s1. The Kier molecular flexibility index (Phi) is 4.32. The zero-order chi connectivity index (χ0) is 23.6. The fourth-order valence-electron chi connectivity index (χ4n) is 5.42. The van der Waals surface area contributed by atoms with Crippen molar-refractivity contribution in [2.75, 3.05) is 16.8 Å². The molecule has 34 heavy (non-hydrogen) atoms. The van der Waals surface area contributed by atoms with Crippen molar-refractivity contribution >= 4 is 40.1 Å². The van der Waals surface area contributed by atoms with E-state index in [9.17, 15) is 24.0 Å². The highest BCUT2D eigenvalue weighted by molar-refractivity contribution is 6.25.